The Balaban J connectivity index is 2.24. The van der Waals surface area contributed by atoms with Crippen molar-refractivity contribution in [2.45, 2.75) is 40.7 Å². The number of hydrogen-bond donors (Lipinski definition) is 0. The predicted octanol–water partition coefficient (Wildman–Crippen LogP) is 4.32. The van der Waals surface area contributed by atoms with Crippen LogP contribution < -0.4 is 4.90 Å². The lowest BCUT2D eigenvalue weighted by atomic mass is 9.99. The van der Waals surface area contributed by atoms with Gasteiger partial charge < -0.3 is 4.90 Å². The largest absolute Gasteiger partial charge is 0.337 e. The molecule has 140 valence electrons. The van der Waals surface area contributed by atoms with Crippen LogP contribution in [0.1, 0.15) is 37.5 Å². The summed E-state index contributed by atoms with van der Waals surface area (Å²) < 4.78 is 0. The maximum atomic E-state index is 13.3. The maximum absolute atomic E-state index is 13.3. The first-order valence-corrected chi connectivity index (χ1v) is 9.39. The topological polar surface area (TPSA) is 40.6 Å². The average Bonchev–Trinajstić information content (AvgIpc) is 2.90. The van der Waals surface area contributed by atoms with Crippen LogP contribution in [0.25, 0.3) is 5.57 Å². The smallest absolute Gasteiger partial charge is 0.278 e. The van der Waals surface area contributed by atoms with Gasteiger partial charge in [0.05, 0.1) is 5.57 Å². The van der Waals surface area contributed by atoms with Crippen LogP contribution in [0.3, 0.4) is 0 Å². The van der Waals surface area contributed by atoms with E-state index in [0.29, 0.717) is 17.8 Å². The van der Waals surface area contributed by atoms with E-state index in [4.69, 9.17) is 0 Å². The Morgan fingerprint density at radius 3 is 2.15 bits per heavy atom. The molecule has 0 fully saturated rings. The molecule has 0 bridgehead atoms. The fraction of sp³-hybridized carbons (Fsp3) is 0.304. The fourth-order valence-electron chi connectivity index (χ4n) is 3.49. The molecule has 0 aliphatic carbocycles. The first-order valence-electron chi connectivity index (χ1n) is 9.39. The van der Waals surface area contributed by atoms with Crippen LogP contribution in [0.2, 0.25) is 0 Å². The standard InChI is InChI=1S/C23H26N2O2/c1-6-24(19-10-8-7-9-11-19)21-20(18-13-12-16(4)17(5)14-18)22(26)25(15(2)3)23(21)27/h7-15H,6H2,1-5H3. The molecule has 0 N–H and O–H groups in total. The minimum Gasteiger partial charge on any atom is -0.337 e. The molecule has 0 radical (unpaired) electrons. The van der Waals surface area contributed by atoms with Gasteiger partial charge in [0, 0.05) is 18.3 Å². The van der Waals surface area contributed by atoms with Crippen molar-refractivity contribution < 1.29 is 9.59 Å². The van der Waals surface area contributed by atoms with E-state index >= 15 is 0 Å². The van der Waals surface area contributed by atoms with Gasteiger partial charge in [-0.05, 0) is 63.4 Å². The fourth-order valence-corrected chi connectivity index (χ4v) is 3.49. The number of carbonyl (C=O) groups excluding carboxylic acids is 2. The number of amides is 2. The quantitative estimate of drug-likeness (QED) is 0.744. The Labute approximate surface area is 161 Å². The van der Waals surface area contributed by atoms with Crippen LogP contribution >= 0.6 is 0 Å². The van der Waals surface area contributed by atoms with Gasteiger partial charge in [-0.15, -0.1) is 0 Å². The Hall–Kier alpha value is -2.88. The van der Waals surface area contributed by atoms with Crippen LogP contribution in [0, 0.1) is 13.8 Å². The molecule has 3 rings (SSSR count). The van der Waals surface area contributed by atoms with E-state index in [1.54, 1.807) is 0 Å². The number of anilines is 1. The van der Waals surface area contributed by atoms with Crippen molar-refractivity contribution in [3.05, 3.63) is 70.9 Å². The minimum atomic E-state index is -0.228. The van der Waals surface area contributed by atoms with E-state index in [9.17, 15) is 9.59 Å². The van der Waals surface area contributed by atoms with Crippen molar-refractivity contribution in [3.63, 3.8) is 0 Å². The highest BCUT2D eigenvalue weighted by Crippen LogP contribution is 2.35. The zero-order chi connectivity index (χ0) is 19.7. The van der Waals surface area contributed by atoms with Crippen LogP contribution in [-0.4, -0.2) is 29.3 Å². The molecule has 0 aromatic heterocycles. The number of aryl methyl sites for hydroxylation is 2. The Morgan fingerprint density at radius 1 is 0.926 bits per heavy atom. The third-order valence-corrected chi connectivity index (χ3v) is 5.06. The summed E-state index contributed by atoms with van der Waals surface area (Å²) in [5, 5.41) is 0. The van der Waals surface area contributed by atoms with Gasteiger partial charge in [0.1, 0.15) is 5.70 Å². The zero-order valence-electron chi connectivity index (χ0n) is 16.6. The highest BCUT2D eigenvalue weighted by Gasteiger charge is 2.42. The SMILES string of the molecule is CCN(C1=C(c2ccc(C)c(C)c2)C(=O)N(C(C)C)C1=O)c1ccccc1. The molecule has 0 unspecified atom stereocenters. The van der Waals surface area contributed by atoms with Crippen molar-refractivity contribution >= 4 is 23.1 Å². The zero-order valence-corrected chi connectivity index (χ0v) is 16.6. The molecule has 1 heterocycles. The van der Waals surface area contributed by atoms with Crippen LogP contribution in [-0.2, 0) is 9.59 Å². The van der Waals surface area contributed by atoms with E-state index in [-0.39, 0.29) is 17.9 Å². The number of nitrogens with zero attached hydrogens (tertiary/aromatic N) is 2. The summed E-state index contributed by atoms with van der Waals surface area (Å²) in [6, 6.07) is 15.5. The second kappa shape index (κ2) is 7.39. The molecule has 1 aliphatic heterocycles. The van der Waals surface area contributed by atoms with Crippen LogP contribution in [0.4, 0.5) is 5.69 Å². The van der Waals surface area contributed by atoms with Crippen molar-refractivity contribution in [3.8, 4) is 0 Å². The number of rotatable bonds is 5. The number of imide groups is 1. The van der Waals surface area contributed by atoms with E-state index in [1.165, 1.54) is 4.90 Å². The molecule has 0 spiro atoms. The van der Waals surface area contributed by atoms with Gasteiger partial charge in [0.15, 0.2) is 0 Å². The molecular formula is C23H26N2O2. The van der Waals surface area contributed by atoms with Gasteiger partial charge >= 0.3 is 0 Å². The van der Waals surface area contributed by atoms with E-state index < -0.39 is 0 Å². The predicted molar refractivity (Wildman–Crippen MR) is 109 cm³/mol. The molecule has 27 heavy (non-hydrogen) atoms. The van der Waals surface area contributed by atoms with Crippen molar-refractivity contribution in [2.24, 2.45) is 0 Å². The lowest BCUT2D eigenvalue weighted by Crippen LogP contribution is -2.39. The summed E-state index contributed by atoms with van der Waals surface area (Å²) in [6.07, 6.45) is 0. The van der Waals surface area contributed by atoms with Gasteiger partial charge in [-0.1, -0.05) is 36.4 Å². The highest BCUT2D eigenvalue weighted by atomic mass is 16.2. The molecule has 0 saturated heterocycles. The Kier molecular flexibility index (Phi) is 5.17. The summed E-state index contributed by atoms with van der Waals surface area (Å²) in [6.45, 7) is 10.4. The number of benzene rings is 2. The van der Waals surface area contributed by atoms with Gasteiger partial charge in [-0.25, -0.2) is 0 Å². The molecule has 4 nitrogen and oxygen atoms in total. The molecule has 1 aliphatic rings. The van der Waals surface area contributed by atoms with Crippen LogP contribution in [0.15, 0.2) is 54.2 Å². The Bertz CT molecular complexity index is 913. The van der Waals surface area contributed by atoms with Gasteiger partial charge in [0.25, 0.3) is 11.8 Å². The van der Waals surface area contributed by atoms with E-state index in [1.807, 2.05) is 88.0 Å². The maximum Gasteiger partial charge on any atom is 0.278 e. The number of hydrogen-bond acceptors (Lipinski definition) is 3. The summed E-state index contributed by atoms with van der Waals surface area (Å²) >= 11 is 0. The van der Waals surface area contributed by atoms with E-state index in [2.05, 4.69) is 0 Å². The van der Waals surface area contributed by atoms with Gasteiger partial charge in [0.2, 0.25) is 0 Å². The van der Waals surface area contributed by atoms with Crippen molar-refractivity contribution in [2.75, 3.05) is 11.4 Å². The molecule has 0 atom stereocenters. The first-order chi connectivity index (χ1) is 12.9. The monoisotopic (exact) mass is 362 g/mol. The lowest BCUT2D eigenvalue weighted by Gasteiger charge is -2.25. The van der Waals surface area contributed by atoms with Gasteiger partial charge in [-0.2, -0.15) is 0 Å². The lowest BCUT2D eigenvalue weighted by molar-refractivity contribution is -0.138. The molecule has 2 aromatic rings. The summed E-state index contributed by atoms with van der Waals surface area (Å²) in [5.74, 6) is -0.448. The average molecular weight is 362 g/mol. The number of para-hydroxylation sites is 1. The summed E-state index contributed by atoms with van der Waals surface area (Å²) in [5.41, 5.74) is 4.92. The number of carbonyl (C=O) groups is 2. The minimum absolute atomic E-state index is 0.196. The second-order valence-electron chi connectivity index (χ2n) is 7.18. The normalized spacial score (nSPS) is 14.5. The Morgan fingerprint density at radius 2 is 1.59 bits per heavy atom. The van der Waals surface area contributed by atoms with Crippen molar-refractivity contribution in [1.82, 2.24) is 4.90 Å². The first kappa shape index (κ1) is 18.9. The molecule has 2 aromatic carbocycles. The molecular weight excluding hydrogens is 336 g/mol. The van der Waals surface area contributed by atoms with Crippen molar-refractivity contribution in [1.29, 1.82) is 0 Å². The third-order valence-electron chi connectivity index (χ3n) is 5.06. The molecule has 0 saturated carbocycles. The van der Waals surface area contributed by atoms with E-state index in [0.717, 1.165) is 22.4 Å². The number of likely N-dealkylation sites (N-methyl/N-ethyl adjacent to an activating group) is 1. The third kappa shape index (κ3) is 3.27. The van der Waals surface area contributed by atoms with Crippen LogP contribution in [0.5, 0.6) is 0 Å². The molecule has 2 amide bonds. The highest BCUT2D eigenvalue weighted by molar-refractivity contribution is 6.36. The molecule has 4 heteroatoms. The summed E-state index contributed by atoms with van der Waals surface area (Å²) in [4.78, 5) is 29.8. The summed E-state index contributed by atoms with van der Waals surface area (Å²) in [7, 11) is 0. The second-order valence-corrected chi connectivity index (χ2v) is 7.18. The van der Waals surface area contributed by atoms with Gasteiger partial charge in [-0.3, -0.25) is 14.5 Å².